The first-order chi connectivity index (χ1) is 11.9. The lowest BCUT2D eigenvalue weighted by molar-refractivity contribution is -0.159. The van der Waals surface area contributed by atoms with Crippen LogP contribution >= 0.6 is 0 Å². The molecule has 4 heterocycles. The monoisotopic (exact) mass is 344 g/mol. The second-order valence-corrected chi connectivity index (χ2v) is 5.31. The van der Waals surface area contributed by atoms with E-state index in [1.54, 1.807) is 12.3 Å². The highest BCUT2D eigenvalue weighted by atomic mass is 19.4. The van der Waals surface area contributed by atoms with Gasteiger partial charge in [-0.05, 0) is 24.3 Å². The van der Waals surface area contributed by atoms with Crippen LogP contribution in [0.3, 0.4) is 0 Å². The first-order valence-corrected chi connectivity index (χ1v) is 7.13. The molecule has 0 atom stereocenters. The van der Waals surface area contributed by atoms with E-state index in [0.29, 0.717) is 17.0 Å². The van der Waals surface area contributed by atoms with Crippen molar-refractivity contribution in [3.8, 4) is 22.8 Å². The standard InChI is InChI=1S/C16H9F3N5O/c1-24-5-3-9-6-12(21-8-13(9)24)11-7-10(2-4-20-11)14-22-15(25-23-14)16(17,18)19/h2-4,6-8H,1H3. The molecule has 4 aromatic heterocycles. The molecule has 0 aromatic carbocycles. The maximum atomic E-state index is 12.6. The molecule has 0 aliphatic rings. The lowest BCUT2D eigenvalue weighted by atomic mass is 10.1. The van der Waals surface area contributed by atoms with Gasteiger partial charge in [-0.1, -0.05) is 5.16 Å². The molecule has 0 bridgehead atoms. The van der Waals surface area contributed by atoms with Gasteiger partial charge in [-0.2, -0.15) is 18.2 Å². The Morgan fingerprint density at radius 2 is 1.96 bits per heavy atom. The summed E-state index contributed by atoms with van der Waals surface area (Å²) < 4.78 is 43.8. The molecule has 0 fully saturated rings. The van der Waals surface area contributed by atoms with Crippen LogP contribution in [0.4, 0.5) is 13.2 Å². The van der Waals surface area contributed by atoms with Crippen LogP contribution in [0.5, 0.6) is 0 Å². The Kier molecular flexibility index (Phi) is 3.31. The van der Waals surface area contributed by atoms with Crippen LogP contribution in [-0.2, 0) is 13.2 Å². The molecule has 0 aliphatic carbocycles. The summed E-state index contributed by atoms with van der Waals surface area (Å²) in [5.41, 5.74) is 2.33. The Hall–Kier alpha value is -3.23. The van der Waals surface area contributed by atoms with Gasteiger partial charge in [0.15, 0.2) is 0 Å². The molecule has 25 heavy (non-hydrogen) atoms. The minimum absolute atomic E-state index is 0.162. The van der Waals surface area contributed by atoms with E-state index in [1.807, 2.05) is 23.7 Å². The van der Waals surface area contributed by atoms with E-state index in [9.17, 15) is 13.2 Å². The molecule has 0 amide bonds. The van der Waals surface area contributed by atoms with Gasteiger partial charge in [0, 0.05) is 24.2 Å². The fourth-order valence-corrected chi connectivity index (χ4v) is 2.40. The van der Waals surface area contributed by atoms with E-state index in [-0.39, 0.29) is 5.82 Å². The molecule has 6 nitrogen and oxygen atoms in total. The average Bonchev–Trinajstić information content (AvgIpc) is 3.22. The van der Waals surface area contributed by atoms with Crippen molar-refractivity contribution in [1.82, 2.24) is 24.7 Å². The predicted molar refractivity (Wildman–Crippen MR) is 81.1 cm³/mol. The number of pyridine rings is 2. The lowest BCUT2D eigenvalue weighted by Gasteiger charge is -2.03. The molecule has 0 unspecified atom stereocenters. The van der Waals surface area contributed by atoms with E-state index in [2.05, 4.69) is 30.8 Å². The second-order valence-electron chi connectivity index (χ2n) is 5.31. The van der Waals surface area contributed by atoms with Gasteiger partial charge in [0.1, 0.15) is 0 Å². The molecule has 125 valence electrons. The summed E-state index contributed by atoms with van der Waals surface area (Å²) >= 11 is 0. The number of nitrogens with zero attached hydrogens (tertiary/aromatic N) is 5. The molecule has 0 saturated carbocycles. The Bertz CT molecular complexity index is 1070. The van der Waals surface area contributed by atoms with Crippen molar-refractivity contribution >= 4 is 10.9 Å². The van der Waals surface area contributed by atoms with Gasteiger partial charge in [-0.25, -0.2) is 0 Å². The van der Waals surface area contributed by atoms with E-state index < -0.39 is 12.1 Å². The third-order valence-electron chi connectivity index (χ3n) is 3.64. The van der Waals surface area contributed by atoms with Crippen molar-refractivity contribution in [3.63, 3.8) is 0 Å². The van der Waals surface area contributed by atoms with Crippen molar-refractivity contribution in [1.29, 1.82) is 0 Å². The van der Waals surface area contributed by atoms with Crippen LogP contribution in [0.2, 0.25) is 0 Å². The quantitative estimate of drug-likeness (QED) is 0.557. The molecule has 1 radical (unpaired) electrons. The summed E-state index contributed by atoms with van der Waals surface area (Å²) in [4.78, 5) is 11.9. The summed E-state index contributed by atoms with van der Waals surface area (Å²) in [7, 11) is 1.86. The molecule has 4 rings (SSSR count). The van der Waals surface area contributed by atoms with E-state index in [1.165, 1.54) is 12.3 Å². The Morgan fingerprint density at radius 3 is 2.72 bits per heavy atom. The highest BCUT2D eigenvalue weighted by molar-refractivity contribution is 5.83. The zero-order valence-corrected chi connectivity index (χ0v) is 12.7. The summed E-state index contributed by atoms with van der Waals surface area (Å²) in [5.74, 6) is -1.55. The topological polar surface area (TPSA) is 69.6 Å². The molecular weight excluding hydrogens is 335 g/mol. The summed E-state index contributed by atoms with van der Waals surface area (Å²) in [5, 5.41) is 4.31. The molecule has 0 aliphatic heterocycles. The molecule has 0 N–H and O–H groups in total. The molecule has 9 heteroatoms. The van der Waals surface area contributed by atoms with Gasteiger partial charge in [0.2, 0.25) is 5.82 Å². The van der Waals surface area contributed by atoms with Gasteiger partial charge >= 0.3 is 12.1 Å². The lowest BCUT2D eigenvalue weighted by Crippen LogP contribution is -2.04. The van der Waals surface area contributed by atoms with Gasteiger partial charge in [-0.15, -0.1) is 0 Å². The van der Waals surface area contributed by atoms with Crippen molar-refractivity contribution < 1.29 is 17.7 Å². The second kappa shape index (κ2) is 5.40. The normalized spacial score (nSPS) is 12.0. The van der Waals surface area contributed by atoms with E-state index in [0.717, 1.165) is 10.9 Å². The maximum absolute atomic E-state index is 12.6. The van der Waals surface area contributed by atoms with E-state index >= 15 is 0 Å². The number of rotatable bonds is 2. The zero-order chi connectivity index (χ0) is 17.6. The Labute approximate surface area is 138 Å². The molecular formula is C16H9F3N5O. The fraction of sp³-hybridized carbons (Fsp3) is 0.125. The van der Waals surface area contributed by atoms with Gasteiger partial charge in [-0.3, -0.25) is 9.97 Å². The molecule has 0 spiro atoms. The summed E-state index contributed by atoms with van der Waals surface area (Å²) in [6, 6.07) is 6.71. The van der Waals surface area contributed by atoms with Crippen LogP contribution < -0.4 is 0 Å². The van der Waals surface area contributed by atoms with Crippen LogP contribution in [0.1, 0.15) is 5.89 Å². The Morgan fingerprint density at radius 1 is 1.16 bits per heavy atom. The third kappa shape index (κ3) is 2.73. The SMILES string of the molecule is Cn1[c]cc2cc(-c3cc(-c4noc(C(F)(F)F)n4)ccn3)ncc21. The first kappa shape index (κ1) is 15.3. The third-order valence-corrected chi connectivity index (χ3v) is 3.64. The van der Waals surface area contributed by atoms with E-state index in [4.69, 9.17) is 0 Å². The largest absolute Gasteiger partial charge is 0.471 e. The number of aromatic nitrogens is 5. The minimum Gasteiger partial charge on any atom is -0.341 e. The zero-order valence-electron chi connectivity index (χ0n) is 12.7. The van der Waals surface area contributed by atoms with Gasteiger partial charge in [0.25, 0.3) is 0 Å². The molecule has 4 aromatic rings. The number of aryl methyl sites for hydroxylation is 1. The van der Waals surface area contributed by atoms with Crippen LogP contribution in [-0.4, -0.2) is 24.7 Å². The number of hydrogen-bond donors (Lipinski definition) is 0. The van der Waals surface area contributed by atoms with Crippen LogP contribution in [0, 0.1) is 6.20 Å². The fourth-order valence-electron chi connectivity index (χ4n) is 2.40. The minimum atomic E-state index is -4.68. The first-order valence-electron chi connectivity index (χ1n) is 7.13. The molecule has 0 saturated heterocycles. The Balaban J connectivity index is 1.74. The number of halogens is 3. The smallest absolute Gasteiger partial charge is 0.341 e. The van der Waals surface area contributed by atoms with Crippen molar-refractivity contribution in [2.45, 2.75) is 6.18 Å². The highest BCUT2D eigenvalue weighted by Gasteiger charge is 2.38. The van der Waals surface area contributed by atoms with Crippen LogP contribution in [0.15, 0.2) is 41.2 Å². The maximum Gasteiger partial charge on any atom is 0.471 e. The van der Waals surface area contributed by atoms with Crippen LogP contribution in [0.25, 0.3) is 33.7 Å². The number of alkyl halides is 3. The van der Waals surface area contributed by atoms with Gasteiger partial charge < -0.3 is 9.09 Å². The van der Waals surface area contributed by atoms with Crippen molar-refractivity contribution in [2.24, 2.45) is 7.05 Å². The highest BCUT2D eigenvalue weighted by Crippen LogP contribution is 2.30. The van der Waals surface area contributed by atoms with Crippen molar-refractivity contribution in [2.75, 3.05) is 0 Å². The van der Waals surface area contributed by atoms with Crippen molar-refractivity contribution in [3.05, 3.63) is 48.7 Å². The number of fused-ring (bicyclic) bond motifs is 1. The van der Waals surface area contributed by atoms with Gasteiger partial charge in [0.05, 0.1) is 29.3 Å². The summed E-state index contributed by atoms with van der Waals surface area (Å²) in [6.45, 7) is 0. The number of hydrogen-bond acceptors (Lipinski definition) is 5. The summed E-state index contributed by atoms with van der Waals surface area (Å²) in [6.07, 6.45) is 1.49. The predicted octanol–water partition coefficient (Wildman–Crippen LogP) is 3.50. The average molecular weight is 344 g/mol.